The van der Waals surface area contributed by atoms with Gasteiger partial charge in [0.2, 0.25) is 0 Å². The molecule has 1 aliphatic heterocycles. The number of rotatable bonds is 6. The molecule has 0 saturated carbocycles. The summed E-state index contributed by atoms with van der Waals surface area (Å²) in [6, 6.07) is 9.98. The lowest BCUT2D eigenvalue weighted by atomic mass is 9.95. The highest BCUT2D eigenvalue weighted by Gasteiger charge is 2.34. The fourth-order valence-electron chi connectivity index (χ4n) is 3.93. The fourth-order valence-corrected chi connectivity index (χ4v) is 4.97. The van der Waals surface area contributed by atoms with Crippen LogP contribution in [0.5, 0.6) is 11.5 Å². The Kier molecular flexibility index (Phi) is 7.16. The van der Waals surface area contributed by atoms with Crippen molar-refractivity contribution in [3.8, 4) is 11.5 Å². The Balaban J connectivity index is 1.97. The van der Waals surface area contributed by atoms with Crippen LogP contribution in [0.2, 0.25) is 0 Å². The average Bonchev–Trinajstić information content (AvgIpc) is 3.14. The number of aromatic nitrogens is 1. The van der Waals surface area contributed by atoms with Gasteiger partial charge >= 0.3 is 11.9 Å². The molecule has 8 nitrogen and oxygen atoms in total. The zero-order valence-corrected chi connectivity index (χ0v) is 20.8. The van der Waals surface area contributed by atoms with Crippen LogP contribution in [0.3, 0.4) is 0 Å². The van der Waals surface area contributed by atoms with E-state index in [-0.39, 0.29) is 33.8 Å². The molecular weight excluding hydrogens is 487 g/mol. The largest absolute Gasteiger partial charge is 0.493 e. The Bertz CT molecular complexity index is 1570. The third-order valence-electron chi connectivity index (χ3n) is 5.47. The molecule has 0 amide bonds. The van der Waals surface area contributed by atoms with E-state index in [0.717, 1.165) is 11.3 Å². The van der Waals surface area contributed by atoms with Crippen LogP contribution in [0, 0.1) is 5.82 Å². The van der Waals surface area contributed by atoms with Crippen molar-refractivity contribution in [3.05, 3.63) is 90.4 Å². The van der Waals surface area contributed by atoms with Crippen LogP contribution in [0.4, 0.5) is 4.39 Å². The summed E-state index contributed by atoms with van der Waals surface area (Å²) in [6.45, 7) is 4.75. The van der Waals surface area contributed by atoms with Gasteiger partial charge in [0.1, 0.15) is 5.82 Å². The van der Waals surface area contributed by atoms with Gasteiger partial charge in [-0.25, -0.2) is 14.2 Å². The summed E-state index contributed by atoms with van der Waals surface area (Å²) in [5.74, 6) is -1.16. The maximum absolute atomic E-state index is 14.3. The second-order valence-corrected chi connectivity index (χ2v) is 8.84. The van der Waals surface area contributed by atoms with Gasteiger partial charge in [0.05, 0.1) is 35.6 Å². The number of methoxy groups -OCH3 is 1. The highest BCUT2D eigenvalue weighted by Crippen LogP contribution is 2.36. The molecule has 186 valence electrons. The van der Waals surface area contributed by atoms with E-state index in [2.05, 4.69) is 4.99 Å². The number of esters is 2. The number of hydrogen-bond donors (Lipinski definition) is 0. The van der Waals surface area contributed by atoms with Gasteiger partial charge in [-0.1, -0.05) is 35.6 Å². The first kappa shape index (κ1) is 25.1. The van der Waals surface area contributed by atoms with E-state index < -0.39 is 29.4 Å². The smallest absolute Gasteiger partial charge is 0.338 e. The van der Waals surface area contributed by atoms with Gasteiger partial charge in [0.25, 0.3) is 5.56 Å². The molecule has 0 saturated heterocycles. The van der Waals surface area contributed by atoms with Crippen LogP contribution < -0.4 is 24.4 Å². The Morgan fingerprint density at radius 1 is 1.19 bits per heavy atom. The Morgan fingerprint density at radius 3 is 2.61 bits per heavy atom. The van der Waals surface area contributed by atoms with Crippen LogP contribution in [0.1, 0.15) is 37.9 Å². The molecule has 0 fully saturated rings. The van der Waals surface area contributed by atoms with Crippen molar-refractivity contribution in [3.63, 3.8) is 0 Å². The van der Waals surface area contributed by atoms with Crippen molar-refractivity contribution in [2.24, 2.45) is 4.99 Å². The lowest BCUT2D eigenvalue weighted by molar-refractivity contribution is -0.139. The molecule has 4 rings (SSSR count). The van der Waals surface area contributed by atoms with Crippen LogP contribution in [0.25, 0.3) is 6.08 Å². The van der Waals surface area contributed by atoms with Crippen molar-refractivity contribution < 1.29 is 28.2 Å². The molecule has 0 N–H and O–H groups in total. The molecule has 0 spiro atoms. The van der Waals surface area contributed by atoms with E-state index in [0.29, 0.717) is 16.1 Å². The van der Waals surface area contributed by atoms with Crippen LogP contribution in [-0.2, 0) is 14.3 Å². The quantitative estimate of drug-likeness (QED) is 0.374. The van der Waals surface area contributed by atoms with E-state index in [9.17, 15) is 18.8 Å². The predicted molar refractivity (Wildman–Crippen MR) is 131 cm³/mol. The molecule has 36 heavy (non-hydrogen) atoms. The number of hydrogen-bond acceptors (Lipinski definition) is 8. The van der Waals surface area contributed by atoms with Crippen molar-refractivity contribution in [1.29, 1.82) is 0 Å². The summed E-state index contributed by atoms with van der Waals surface area (Å²) < 4.78 is 31.8. The first-order valence-electron chi connectivity index (χ1n) is 11.1. The molecule has 0 aliphatic carbocycles. The summed E-state index contributed by atoms with van der Waals surface area (Å²) in [5, 5.41) is 0. The molecule has 2 heterocycles. The van der Waals surface area contributed by atoms with Gasteiger partial charge in [0, 0.05) is 12.5 Å². The van der Waals surface area contributed by atoms with Crippen LogP contribution in [0.15, 0.2) is 63.5 Å². The molecule has 3 aromatic rings. The molecular formula is C26H23FN2O6S. The summed E-state index contributed by atoms with van der Waals surface area (Å²) in [4.78, 5) is 42.9. The van der Waals surface area contributed by atoms with Crippen molar-refractivity contribution >= 4 is 29.4 Å². The number of carbonyl (C=O) groups excluding carboxylic acids is 2. The first-order valence-corrected chi connectivity index (χ1v) is 11.9. The fraction of sp³-hybridized carbons (Fsp3) is 0.231. The number of ether oxygens (including phenoxy) is 3. The number of allylic oxidation sites excluding steroid dienone is 1. The molecule has 1 atom stereocenters. The molecule has 2 aromatic carbocycles. The van der Waals surface area contributed by atoms with Crippen molar-refractivity contribution in [2.45, 2.75) is 26.8 Å². The summed E-state index contributed by atoms with van der Waals surface area (Å²) in [7, 11) is 1.42. The Hall–Kier alpha value is -4.05. The summed E-state index contributed by atoms with van der Waals surface area (Å²) in [5.41, 5.74) is 0.903. The third kappa shape index (κ3) is 4.72. The van der Waals surface area contributed by atoms with Gasteiger partial charge in [-0.3, -0.25) is 14.2 Å². The minimum atomic E-state index is -0.900. The zero-order chi connectivity index (χ0) is 26.0. The highest BCUT2D eigenvalue weighted by molar-refractivity contribution is 7.07. The van der Waals surface area contributed by atoms with E-state index in [1.807, 2.05) is 0 Å². The average molecular weight is 511 g/mol. The maximum Gasteiger partial charge on any atom is 0.338 e. The number of fused-ring (bicyclic) bond motifs is 1. The summed E-state index contributed by atoms with van der Waals surface area (Å²) >= 11 is 1.09. The van der Waals surface area contributed by atoms with Crippen LogP contribution >= 0.6 is 11.3 Å². The van der Waals surface area contributed by atoms with Gasteiger partial charge in [-0.2, -0.15) is 0 Å². The van der Waals surface area contributed by atoms with E-state index >= 15 is 0 Å². The van der Waals surface area contributed by atoms with Gasteiger partial charge in [0.15, 0.2) is 16.3 Å². The lowest BCUT2D eigenvalue weighted by Gasteiger charge is -2.25. The van der Waals surface area contributed by atoms with Crippen LogP contribution in [-0.4, -0.2) is 30.2 Å². The van der Waals surface area contributed by atoms with Gasteiger partial charge in [-0.15, -0.1) is 0 Å². The number of carbonyl (C=O) groups is 2. The predicted octanol–water partition coefficient (Wildman–Crippen LogP) is 2.87. The number of nitrogens with zero attached hydrogens (tertiary/aromatic N) is 2. The van der Waals surface area contributed by atoms with E-state index in [4.69, 9.17) is 14.2 Å². The maximum atomic E-state index is 14.3. The Labute approximate surface area is 209 Å². The lowest BCUT2D eigenvalue weighted by Crippen LogP contribution is -2.40. The van der Waals surface area contributed by atoms with Crippen molar-refractivity contribution in [2.75, 3.05) is 13.7 Å². The first-order chi connectivity index (χ1) is 17.2. The number of halogens is 1. The molecule has 1 unspecified atom stereocenters. The standard InChI is InChI=1S/C26H23FN2O6S/c1-5-34-25(32)22-14(2)28-26-29(24(31)21(36-26)13-16-8-6-7-9-18(16)27)23(22)17-10-11-19(35-15(3)30)20(12-17)33-4/h6-13,23H,5H2,1-4H3/b21-13-. The normalized spacial score (nSPS) is 15.2. The molecule has 0 bridgehead atoms. The minimum Gasteiger partial charge on any atom is -0.493 e. The SMILES string of the molecule is CCOC(=O)C1=C(C)N=c2s/c(=C\c3ccccc3F)c(=O)n2C1c1ccc(OC(C)=O)c(OC)c1. The number of benzene rings is 2. The molecule has 0 radical (unpaired) electrons. The van der Waals surface area contributed by atoms with E-state index in [1.54, 1.807) is 44.2 Å². The summed E-state index contributed by atoms with van der Waals surface area (Å²) in [6.07, 6.45) is 1.46. The highest BCUT2D eigenvalue weighted by atomic mass is 32.1. The topological polar surface area (TPSA) is 96.2 Å². The third-order valence-corrected chi connectivity index (χ3v) is 6.45. The van der Waals surface area contributed by atoms with Crippen molar-refractivity contribution in [1.82, 2.24) is 4.57 Å². The molecule has 10 heteroatoms. The number of thiazole rings is 1. The molecule has 1 aromatic heterocycles. The monoisotopic (exact) mass is 510 g/mol. The van der Waals surface area contributed by atoms with Gasteiger partial charge < -0.3 is 14.2 Å². The second kappa shape index (κ2) is 10.3. The minimum absolute atomic E-state index is 0.134. The van der Waals surface area contributed by atoms with Gasteiger partial charge in [-0.05, 0) is 43.7 Å². The van der Waals surface area contributed by atoms with E-state index in [1.165, 1.54) is 36.8 Å². The molecule has 1 aliphatic rings. The zero-order valence-electron chi connectivity index (χ0n) is 20.0. The second-order valence-electron chi connectivity index (χ2n) is 7.83. The Morgan fingerprint density at radius 2 is 1.94 bits per heavy atom.